The summed E-state index contributed by atoms with van der Waals surface area (Å²) < 4.78 is 12.7. The van der Waals surface area contributed by atoms with Gasteiger partial charge in [-0.1, -0.05) is 25.1 Å². The molecule has 1 aliphatic rings. The van der Waals surface area contributed by atoms with E-state index in [0.29, 0.717) is 42.3 Å². The van der Waals surface area contributed by atoms with Crippen molar-refractivity contribution in [3.05, 3.63) is 54.1 Å². The van der Waals surface area contributed by atoms with Crippen molar-refractivity contribution < 1.29 is 29.0 Å². The van der Waals surface area contributed by atoms with Crippen molar-refractivity contribution in [2.75, 3.05) is 64.6 Å². The number of aliphatic hydroxyl groups is 1. The molecule has 46 heavy (non-hydrogen) atoms. The van der Waals surface area contributed by atoms with Gasteiger partial charge in [0, 0.05) is 50.5 Å². The van der Waals surface area contributed by atoms with Crippen LogP contribution in [0.3, 0.4) is 0 Å². The summed E-state index contributed by atoms with van der Waals surface area (Å²) in [6.45, 7) is 7.59. The van der Waals surface area contributed by atoms with Crippen molar-refractivity contribution in [2.24, 2.45) is 5.92 Å². The van der Waals surface area contributed by atoms with Crippen molar-refractivity contribution in [1.29, 1.82) is 0 Å². The first-order valence-electron chi connectivity index (χ1n) is 16.3. The molecule has 11 heteroatoms. The first kappa shape index (κ1) is 36.8. The van der Waals surface area contributed by atoms with Gasteiger partial charge in [0.1, 0.15) is 5.75 Å². The van der Waals surface area contributed by atoms with Gasteiger partial charge >= 0.3 is 6.03 Å². The molecular weight excluding hydrogens is 586 g/mol. The molecule has 2 aromatic carbocycles. The molecule has 11 nitrogen and oxygen atoms in total. The number of ether oxygens (including phenoxy) is 2. The molecule has 0 bridgehead atoms. The molecule has 2 aromatic rings. The lowest BCUT2D eigenvalue weighted by atomic mass is 10.0. The van der Waals surface area contributed by atoms with Gasteiger partial charge in [-0.25, -0.2) is 4.79 Å². The number of anilines is 2. The number of benzene rings is 2. The van der Waals surface area contributed by atoms with E-state index in [1.54, 1.807) is 54.1 Å². The quantitative estimate of drug-likeness (QED) is 0.337. The Morgan fingerprint density at radius 2 is 1.76 bits per heavy atom. The number of amides is 4. The van der Waals surface area contributed by atoms with Crippen LogP contribution in [0.25, 0.3) is 0 Å². The lowest BCUT2D eigenvalue weighted by Gasteiger charge is -2.36. The second-order valence-corrected chi connectivity index (χ2v) is 12.6. The summed E-state index contributed by atoms with van der Waals surface area (Å²) in [5.74, 6) is -0.00187. The molecule has 0 spiro atoms. The van der Waals surface area contributed by atoms with E-state index >= 15 is 0 Å². The Balaban J connectivity index is 1.87. The van der Waals surface area contributed by atoms with Gasteiger partial charge in [-0.2, -0.15) is 0 Å². The predicted molar refractivity (Wildman–Crippen MR) is 181 cm³/mol. The van der Waals surface area contributed by atoms with E-state index in [9.17, 15) is 19.5 Å². The highest BCUT2D eigenvalue weighted by molar-refractivity contribution is 6.02. The summed E-state index contributed by atoms with van der Waals surface area (Å²) in [6, 6.07) is 13.2. The predicted octanol–water partition coefficient (Wildman–Crippen LogP) is 4.93. The number of para-hydroxylation sites is 1. The number of hydrogen-bond donors (Lipinski definition) is 3. The molecule has 0 fully saturated rings. The highest BCUT2D eigenvalue weighted by Gasteiger charge is 2.31. The van der Waals surface area contributed by atoms with Crippen LogP contribution >= 0.6 is 0 Å². The standard InChI is InChI=1S/C35H53N5O6/c1-25-22-40(26(2)24-41)34(43)30-21-29(37-35(44)36-28-14-8-7-9-15-28)17-18-31(30)46-27(3)13-10-11-20-45-32(25)23-39(6)33(42)16-12-19-38(4)5/h7-9,14-15,17-18,21,25-27,32,41H,10-13,16,19-20,22-24H2,1-6H3,(H2,36,37,44)/t25-,26+,27-,32+/m0/s1. The van der Waals surface area contributed by atoms with Crippen LogP contribution in [0.4, 0.5) is 16.2 Å². The van der Waals surface area contributed by atoms with Gasteiger partial charge in [0.15, 0.2) is 0 Å². The van der Waals surface area contributed by atoms with E-state index in [4.69, 9.17) is 9.47 Å². The first-order chi connectivity index (χ1) is 22.0. The van der Waals surface area contributed by atoms with E-state index in [-0.39, 0.29) is 43.1 Å². The SMILES string of the molecule is C[C@H](CO)N1C[C@H](C)[C@@H](CN(C)C(=O)CCCN(C)C)OCCCC[C@H](C)Oc2ccc(NC(=O)Nc3ccccc3)cc2C1=O. The molecule has 0 saturated heterocycles. The maximum atomic E-state index is 14.3. The van der Waals surface area contributed by atoms with Crippen LogP contribution < -0.4 is 15.4 Å². The maximum absolute atomic E-state index is 14.3. The molecule has 0 saturated carbocycles. The Kier molecular flexibility index (Phi) is 14.8. The number of nitrogens with zero attached hydrogens (tertiary/aromatic N) is 3. The van der Waals surface area contributed by atoms with E-state index < -0.39 is 12.1 Å². The fourth-order valence-corrected chi connectivity index (χ4v) is 5.39. The van der Waals surface area contributed by atoms with Gasteiger partial charge in [0.2, 0.25) is 5.91 Å². The zero-order valence-electron chi connectivity index (χ0n) is 28.3. The fourth-order valence-electron chi connectivity index (χ4n) is 5.39. The summed E-state index contributed by atoms with van der Waals surface area (Å²) in [4.78, 5) is 45.4. The molecule has 4 atom stereocenters. The summed E-state index contributed by atoms with van der Waals surface area (Å²) in [5.41, 5.74) is 1.36. The van der Waals surface area contributed by atoms with Crippen LogP contribution in [0.1, 0.15) is 63.2 Å². The van der Waals surface area contributed by atoms with Gasteiger partial charge in [-0.15, -0.1) is 0 Å². The molecule has 1 aliphatic heterocycles. The Bertz CT molecular complexity index is 1260. The van der Waals surface area contributed by atoms with Gasteiger partial charge in [-0.05, 0) is 90.5 Å². The number of urea groups is 1. The number of rotatable bonds is 10. The van der Waals surface area contributed by atoms with Crippen LogP contribution in [0, 0.1) is 5.92 Å². The fraction of sp³-hybridized carbons (Fsp3) is 0.571. The van der Waals surface area contributed by atoms with Crippen molar-refractivity contribution in [2.45, 2.75) is 71.1 Å². The highest BCUT2D eigenvalue weighted by atomic mass is 16.5. The van der Waals surface area contributed by atoms with E-state index in [1.807, 2.05) is 46.1 Å². The van der Waals surface area contributed by atoms with Crippen LogP contribution in [0.15, 0.2) is 48.5 Å². The number of fused-ring (bicyclic) bond motifs is 1. The topological polar surface area (TPSA) is 124 Å². The number of hydrogen-bond acceptors (Lipinski definition) is 7. The van der Waals surface area contributed by atoms with Gasteiger partial charge < -0.3 is 39.9 Å². The van der Waals surface area contributed by atoms with Gasteiger partial charge in [-0.3, -0.25) is 9.59 Å². The molecule has 4 amide bonds. The van der Waals surface area contributed by atoms with E-state index in [2.05, 4.69) is 15.5 Å². The largest absolute Gasteiger partial charge is 0.490 e. The Morgan fingerprint density at radius 1 is 1.04 bits per heavy atom. The molecule has 0 unspecified atom stereocenters. The third kappa shape index (κ3) is 11.6. The highest BCUT2D eigenvalue weighted by Crippen LogP contribution is 2.28. The van der Waals surface area contributed by atoms with Gasteiger partial charge in [0.25, 0.3) is 5.91 Å². The van der Waals surface area contributed by atoms with E-state index in [0.717, 1.165) is 32.2 Å². The van der Waals surface area contributed by atoms with Crippen molar-refractivity contribution in [1.82, 2.24) is 14.7 Å². The number of nitrogens with one attached hydrogen (secondary N) is 2. The molecule has 3 rings (SSSR count). The average Bonchev–Trinajstić information content (AvgIpc) is 3.02. The average molecular weight is 640 g/mol. The second kappa shape index (κ2) is 18.5. The lowest BCUT2D eigenvalue weighted by molar-refractivity contribution is -0.132. The van der Waals surface area contributed by atoms with Crippen LogP contribution in [0.2, 0.25) is 0 Å². The number of aliphatic hydroxyl groups excluding tert-OH is 1. The zero-order chi connectivity index (χ0) is 33.6. The Labute approximate surface area is 274 Å². The summed E-state index contributed by atoms with van der Waals surface area (Å²) >= 11 is 0. The van der Waals surface area contributed by atoms with Crippen LogP contribution in [-0.4, -0.2) is 110 Å². The maximum Gasteiger partial charge on any atom is 0.323 e. The third-order valence-electron chi connectivity index (χ3n) is 8.22. The van der Waals surface area contributed by atoms with Crippen LogP contribution in [0.5, 0.6) is 5.75 Å². The number of carbonyl (C=O) groups is 3. The third-order valence-corrected chi connectivity index (χ3v) is 8.22. The molecule has 0 aliphatic carbocycles. The Hall–Kier alpha value is -3.67. The van der Waals surface area contributed by atoms with E-state index in [1.165, 1.54) is 0 Å². The minimum atomic E-state index is -0.503. The molecule has 1 heterocycles. The smallest absolute Gasteiger partial charge is 0.323 e. The first-order valence-corrected chi connectivity index (χ1v) is 16.3. The Morgan fingerprint density at radius 3 is 2.46 bits per heavy atom. The molecule has 0 aromatic heterocycles. The minimum Gasteiger partial charge on any atom is -0.490 e. The molecule has 254 valence electrons. The lowest BCUT2D eigenvalue weighted by Crippen LogP contribution is -2.48. The number of carbonyl (C=O) groups excluding carboxylic acids is 3. The summed E-state index contributed by atoms with van der Waals surface area (Å²) in [6.07, 6.45) is 3.22. The van der Waals surface area contributed by atoms with Crippen molar-refractivity contribution in [3.63, 3.8) is 0 Å². The minimum absolute atomic E-state index is 0.0601. The summed E-state index contributed by atoms with van der Waals surface area (Å²) in [7, 11) is 5.78. The zero-order valence-corrected chi connectivity index (χ0v) is 28.3. The normalized spacial score (nSPS) is 20.2. The monoisotopic (exact) mass is 639 g/mol. The second-order valence-electron chi connectivity index (χ2n) is 12.6. The molecule has 0 radical (unpaired) electrons. The molecule has 3 N–H and O–H groups in total. The van der Waals surface area contributed by atoms with Crippen molar-refractivity contribution >= 4 is 29.2 Å². The summed E-state index contributed by atoms with van der Waals surface area (Å²) in [5, 5.41) is 15.8. The molecular formula is C35H53N5O6. The van der Waals surface area contributed by atoms with Gasteiger partial charge in [0.05, 0.1) is 30.4 Å². The number of likely N-dealkylation sites (N-methyl/N-ethyl adjacent to an activating group) is 1. The van der Waals surface area contributed by atoms with Crippen molar-refractivity contribution in [3.8, 4) is 5.75 Å². The van der Waals surface area contributed by atoms with Crippen LogP contribution in [-0.2, 0) is 9.53 Å².